The van der Waals surface area contributed by atoms with E-state index in [1.165, 1.54) is 5.56 Å². The highest BCUT2D eigenvalue weighted by atomic mass is 35.5. The minimum atomic E-state index is -0.177. The zero-order valence-electron chi connectivity index (χ0n) is 9.74. The van der Waals surface area contributed by atoms with Crippen molar-refractivity contribution in [3.05, 3.63) is 50.7 Å². The highest BCUT2D eigenvalue weighted by molar-refractivity contribution is 7.80. The zero-order chi connectivity index (χ0) is 13.1. The molecule has 1 aromatic heterocycles. The molecule has 0 radical (unpaired) electrons. The number of carbonyl (C=O) groups excluding carboxylic acids is 1. The van der Waals surface area contributed by atoms with Gasteiger partial charge in [-0.15, -0.1) is 24.0 Å². The maximum Gasteiger partial charge on any atom is 0.253 e. The van der Waals surface area contributed by atoms with E-state index < -0.39 is 0 Å². The Bertz CT molecular complexity index is 580. The van der Waals surface area contributed by atoms with Gasteiger partial charge >= 0.3 is 0 Å². The van der Waals surface area contributed by atoms with Crippen molar-refractivity contribution in [2.45, 2.75) is 18.4 Å². The fraction of sp³-hybridized carbons (Fsp3) is 0.154. The van der Waals surface area contributed by atoms with Crippen LogP contribution in [-0.4, -0.2) is 5.91 Å². The first-order valence-corrected chi connectivity index (χ1v) is 7.08. The van der Waals surface area contributed by atoms with Gasteiger partial charge in [-0.25, -0.2) is 0 Å². The SMILES string of the molecule is Cc1ccsc1CNC(=O)c1cc(S)ccc1Cl. The van der Waals surface area contributed by atoms with Crippen LogP contribution in [0.25, 0.3) is 0 Å². The van der Waals surface area contributed by atoms with Crippen LogP contribution in [0.5, 0.6) is 0 Å². The van der Waals surface area contributed by atoms with Crippen LogP contribution < -0.4 is 5.32 Å². The van der Waals surface area contributed by atoms with Crippen LogP contribution in [0.3, 0.4) is 0 Å². The summed E-state index contributed by atoms with van der Waals surface area (Å²) in [5, 5.41) is 5.31. The Kier molecular flexibility index (Phi) is 4.32. The number of halogens is 1. The number of carbonyl (C=O) groups is 1. The van der Waals surface area contributed by atoms with E-state index in [-0.39, 0.29) is 5.91 Å². The standard InChI is InChI=1S/C13H12ClNOS2/c1-8-4-5-18-12(8)7-15-13(16)10-6-9(17)2-3-11(10)14/h2-6,17H,7H2,1H3,(H,15,16). The molecule has 94 valence electrons. The van der Waals surface area contributed by atoms with Crippen molar-refractivity contribution >= 4 is 41.5 Å². The summed E-state index contributed by atoms with van der Waals surface area (Å²) in [4.78, 5) is 13.9. The second kappa shape index (κ2) is 5.78. The molecule has 2 nitrogen and oxygen atoms in total. The first-order chi connectivity index (χ1) is 8.58. The van der Waals surface area contributed by atoms with E-state index in [0.717, 1.165) is 9.77 Å². The lowest BCUT2D eigenvalue weighted by atomic mass is 10.2. The Morgan fingerprint density at radius 2 is 2.22 bits per heavy atom. The summed E-state index contributed by atoms with van der Waals surface area (Å²) in [5.41, 5.74) is 1.65. The molecule has 18 heavy (non-hydrogen) atoms. The van der Waals surface area contributed by atoms with Crippen molar-refractivity contribution in [2.75, 3.05) is 0 Å². The Balaban J connectivity index is 2.08. The molecule has 2 rings (SSSR count). The quantitative estimate of drug-likeness (QED) is 0.826. The van der Waals surface area contributed by atoms with E-state index in [2.05, 4.69) is 17.9 Å². The molecule has 0 spiro atoms. The summed E-state index contributed by atoms with van der Waals surface area (Å²) in [7, 11) is 0. The molecule has 0 saturated heterocycles. The van der Waals surface area contributed by atoms with Crippen LogP contribution >= 0.6 is 35.6 Å². The van der Waals surface area contributed by atoms with Gasteiger partial charge in [-0.05, 0) is 42.1 Å². The number of hydrogen-bond acceptors (Lipinski definition) is 3. The highest BCUT2D eigenvalue weighted by Gasteiger charge is 2.11. The Hall–Kier alpha value is -0.970. The second-order valence-electron chi connectivity index (χ2n) is 3.87. The van der Waals surface area contributed by atoms with Crippen LogP contribution in [0.4, 0.5) is 0 Å². The molecular weight excluding hydrogens is 286 g/mol. The number of amides is 1. The molecular formula is C13H12ClNOS2. The van der Waals surface area contributed by atoms with E-state index in [1.54, 1.807) is 29.5 Å². The average molecular weight is 298 g/mol. The fourth-order valence-electron chi connectivity index (χ4n) is 1.53. The summed E-state index contributed by atoms with van der Waals surface area (Å²) in [6.45, 7) is 2.55. The topological polar surface area (TPSA) is 29.1 Å². The normalized spacial score (nSPS) is 10.4. The smallest absolute Gasteiger partial charge is 0.253 e. The van der Waals surface area contributed by atoms with E-state index in [1.807, 2.05) is 18.4 Å². The van der Waals surface area contributed by atoms with Crippen molar-refractivity contribution in [3.8, 4) is 0 Å². The van der Waals surface area contributed by atoms with Gasteiger partial charge in [-0.3, -0.25) is 4.79 Å². The van der Waals surface area contributed by atoms with Gasteiger partial charge in [0, 0.05) is 9.77 Å². The molecule has 1 amide bonds. The lowest BCUT2D eigenvalue weighted by molar-refractivity contribution is 0.0951. The maximum absolute atomic E-state index is 12.0. The number of thiol groups is 1. The predicted molar refractivity (Wildman–Crippen MR) is 78.9 cm³/mol. The van der Waals surface area contributed by atoms with Gasteiger partial charge in [0.15, 0.2) is 0 Å². The van der Waals surface area contributed by atoms with Crippen LogP contribution in [0.1, 0.15) is 20.8 Å². The van der Waals surface area contributed by atoms with Crippen LogP contribution in [0, 0.1) is 6.92 Å². The van der Waals surface area contributed by atoms with Crippen LogP contribution in [0.2, 0.25) is 5.02 Å². The summed E-state index contributed by atoms with van der Waals surface area (Å²) in [6.07, 6.45) is 0. The molecule has 0 aliphatic heterocycles. The number of aryl methyl sites for hydroxylation is 1. The Morgan fingerprint density at radius 1 is 1.44 bits per heavy atom. The molecule has 1 heterocycles. The van der Waals surface area contributed by atoms with E-state index >= 15 is 0 Å². The van der Waals surface area contributed by atoms with Crippen molar-refractivity contribution in [1.29, 1.82) is 0 Å². The maximum atomic E-state index is 12.0. The van der Waals surface area contributed by atoms with Gasteiger partial charge in [0.1, 0.15) is 0 Å². The third-order valence-electron chi connectivity index (χ3n) is 2.57. The average Bonchev–Trinajstić information content (AvgIpc) is 2.75. The number of thiophene rings is 1. The van der Waals surface area contributed by atoms with Crippen LogP contribution in [-0.2, 0) is 6.54 Å². The first-order valence-electron chi connectivity index (χ1n) is 5.37. The third kappa shape index (κ3) is 3.07. The minimum absolute atomic E-state index is 0.177. The van der Waals surface area contributed by atoms with Gasteiger partial charge in [0.05, 0.1) is 17.1 Å². The summed E-state index contributed by atoms with van der Waals surface area (Å²) < 4.78 is 0. The number of benzene rings is 1. The van der Waals surface area contributed by atoms with Gasteiger partial charge in [0.25, 0.3) is 5.91 Å². The summed E-state index contributed by atoms with van der Waals surface area (Å²) in [6, 6.07) is 7.14. The monoisotopic (exact) mass is 297 g/mol. The fourth-order valence-corrected chi connectivity index (χ4v) is 2.78. The molecule has 2 aromatic rings. The molecule has 0 aliphatic carbocycles. The highest BCUT2D eigenvalue weighted by Crippen LogP contribution is 2.20. The molecule has 0 unspecified atom stereocenters. The molecule has 0 aliphatic rings. The zero-order valence-corrected chi connectivity index (χ0v) is 12.2. The van der Waals surface area contributed by atoms with Crippen molar-refractivity contribution in [3.63, 3.8) is 0 Å². The molecule has 0 bridgehead atoms. The third-order valence-corrected chi connectivity index (χ3v) is 4.20. The lowest BCUT2D eigenvalue weighted by Gasteiger charge is -2.07. The number of hydrogen-bond donors (Lipinski definition) is 2. The molecule has 5 heteroatoms. The first kappa shape index (κ1) is 13.5. The van der Waals surface area contributed by atoms with Gasteiger partial charge in [0.2, 0.25) is 0 Å². The van der Waals surface area contributed by atoms with Crippen molar-refractivity contribution < 1.29 is 4.79 Å². The lowest BCUT2D eigenvalue weighted by Crippen LogP contribution is -2.23. The van der Waals surface area contributed by atoms with Gasteiger partial charge in [-0.2, -0.15) is 0 Å². The summed E-state index contributed by atoms with van der Waals surface area (Å²) >= 11 is 11.8. The van der Waals surface area contributed by atoms with E-state index in [0.29, 0.717) is 17.1 Å². The summed E-state index contributed by atoms with van der Waals surface area (Å²) in [5.74, 6) is -0.177. The Labute approximate surface area is 120 Å². The van der Waals surface area contributed by atoms with Crippen molar-refractivity contribution in [1.82, 2.24) is 5.32 Å². The van der Waals surface area contributed by atoms with Crippen LogP contribution in [0.15, 0.2) is 34.5 Å². The van der Waals surface area contributed by atoms with Gasteiger partial charge in [-0.1, -0.05) is 11.6 Å². The Morgan fingerprint density at radius 3 is 2.89 bits per heavy atom. The number of rotatable bonds is 3. The minimum Gasteiger partial charge on any atom is -0.347 e. The molecule has 0 saturated carbocycles. The molecule has 1 aromatic carbocycles. The van der Waals surface area contributed by atoms with E-state index in [4.69, 9.17) is 11.6 Å². The molecule has 0 atom stereocenters. The van der Waals surface area contributed by atoms with Gasteiger partial charge < -0.3 is 5.32 Å². The van der Waals surface area contributed by atoms with E-state index in [9.17, 15) is 4.79 Å². The number of nitrogens with one attached hydrogen (secondary N) is 1. The van der Waals surface area contributed by atoms with Crippen molar-refractivity contribution in [2.24, 2.45) is 0 Å². The molecule has 1 N–H and O–H groups in total. The largest absolute Gasteiger partial charge is 0.347 e. The second-order valence-corrected chi connectivity index (χ2v) is 5.80. The molecule has 0 fully saturated rings. The predicted octanol–water partition coefficient (Wildman–Crippen LogP) is 3.93.